The van der Waals surface area contributed by atoms with E-state index in [0.29, 0.717) is 39.6 Å². The van der Waals surface area contributed by atoms with Crippen molar-refractivity contribution in [3.05, 3.63) is 39.3 Å². The van der Waals surface area contributed by atoms with Crippen molar-refractivity contribution in [2.45, 2.75) is 19.6 Å². The molecule has 168 valence electrons. The molecule has 2 heterocycles. The van der Waals surface area contributed by atoms with Crippen molar-refractivity contribution in [1.29, 1.82) is 0 Å². The molecule has 0 aliphatic heterocycles. The average molecular weight is 450 g/mol. The molecule has 31 heavy (non-hydrogen) atoms. The zero-order valence-electron chi connectivity index (χ0n) is 17.7. The number of hydrogen-bond acceptors (Lipinski definition) is 9. The molecule has 9 nitrogen and oxygen atoms in total. The van der Waals surface area contributed by atoms with Gasteiger partial charge in [0.2, 0.25) is 0 Å². The maximum Gasteiger partial charge on any atom is 0.348 e. The minimum absolute atomic E-state index is 0.0867. The van der Waals surface area contributed by atoms with E-state index < -0.39 is 12.1 Å². The van der Waals surface area contributed by atoms with E-state index in [1.807, 2.05) is 4.90 Å². The maximum atomic E-state index is 12.7. The molecule has 1 atom stereocenters. The molecule has 2 N–H and O–H groups in total. The molecule has 0 unspecified atom stereocenters. The van der Waals surface area contributed by atoms with E-state index in [1.54, 1.807) is 14.0 Å². The Labute approximate surface area is 184 Å². The van der Waals surface area contributed by atoms with Crippen molar-refractivity contribution in [2.24, 2.45) is 0 Å². The average Bonchev–Trinajstić information content (AvgIpc) is 3.07. The molecule has 0 saturated heterocycles. The molecule has 0 spiro atoms. The molecule has 10 heteroatoms. The van der Waals surface area contributed by atoms with Crippen LogP contribution in [0.1, 0.15) is 21.1 Å². The molecule has 0 radical (unpaired) electrons. The molecular weight excluding hydrogens is 422 g/mol. The summed E-state index contributed by atoms with van der Waals surface area (Å²) in [5, 5.41) is 10.6. The van der Waals surface area contributed by atoms with Gasteiger partial charge in [0.15, 0.2) is 0 Å². The van der Waals surface area contributed by atoms with Crippen LogP contribution in [0.4, 0.5) is 0 Å². The van der Waals surface area contributed by atoms with Gasteiger partial charge in [0.25, 0.3) is 5.56 Å². The number of carbonyl (C=O) groups excluding carboxylic acids is 1. The van der Waals surface area contributed by atoms with Crippen LogP contribution in [0, 0.1) is 19.3 Å². The van der Waals surface area contributed by atoms with E-state index in [0.717, 1.165) is 11.3 Å². The number of ether oxygens (including phenoxy) is 3. The van der Waals surface area contributed by atoms with Crippen molar-refractivity contribution in [2.75, 3.05) is 46.6 Å². The minimum Gasteiger partial charge on any atom is -0.457 e. The van der Waals surface area contributed by atoms with Gasteiger partial charge in [-0.1, -0.05) is 18.6 Å². The van der Waals surface area contributed by atoms with Gasteiger partial charge in [-0.25, -0.2) is 9.78 Å². The van der Waals surface area contributed by atoms with Crippen molar-refractivity contribution in [3.8, 4) is 12.3 Å². The van der Waals surface area contributed by atoms with Crippen LogP contribution in [0.5, 0.6) is 0 Å². The molecule has 2 aromatic rings. The number of hydrogen-bond donors (Lipinski definition) is 2. The zero-order valence-corrected chi connectivity index (χ0v) is 18.5. The third kappa shape index (κ3) is 6.99. The number of aryl methyl sites for hydroxylation is 1. The van der Waals surface area contributed by atoms with Crippen LogP contribution < -0.4 is 5.56 Å². The predicted molar refractivity (Wildman–Crippen MR) is 118 cm³/mol. The van der Waals surface area contributed by atoms with Gasteiger partial charge in [-0.3, -0.25) is 9.69 Å². The number of esters is 1. The van der Waals surface area contributed by atoms with Gasteiger partial charge in [-0.2, -0.15) is 0 Å². The van der Waals surface area contributed by atoms with Crippen molar-refractivity contribution < 1.29 is 24.1 Å². The SMILES string of the molecule is C#CCOC[C@@H](O)CN(CCOC)Cc1nc2sc(C(=O)OCC=C)c(C)c2c(=O)[nH]1. The number of rotatable bonds is 13. The minimum atomic E-state index is -0.768. The first kappa shape index (κ1) is 24.7. The lowest BCUT2D eigenvalue weighted by atomic mass is 10.2. The van der Waals surface area contributed by atoms with E-state index in [9.17, 15) is 14.7 Å². The summed E-state index contributed by atoms with van der Waals surface area (Å²) in [7, 11) is 1.58. The number of carbonyl (C=O) groups is 1. The Morgan fingerprint density at radius 2 is 2.29 bits per heavy atom. The second-order valence-electron chi connectivity index (χ2n) is 6.74. The Morgan fingerprint density at radius 1 is 1.52 bits per heavy atom. The molecule has 2 rings (SSSR count). The van der Waals surface area contributed by atoms with Gasteiger partial charge in [0, 0.05) is 20.2 Å². The number of nitrogens with one attached hydrogen (secondary N) is 1. The molecule has 0 saturated carbocycles. The number of aromatic amines is 1. The number of fused-ring (bicyclic) bond motifs is 1. The molecule has 0 aliphatic carbocycles. The first-order valence-corrected chi connectivity index (χ1v) is 10.4. The molecule has 0 fully saturated rings. The van der Waals surface area contributed by atoms with Gasteiger partial charge in [0.05, 0.1) is 31.2 Å². The number of thiophene rings is 1. The summed E-state index contributed by atoms with van der Waals surface area (Å²) in [5.41, 5.74) is 0.202. The van der Waals surface area contributed by atoms with E-state index in [1.165, 1.54) is 6.08 Å². The lowest BCUT2D eigenvalue weighted by Gasteiger charge is -2.24. The van der Waals surface area contributed by atoms with Crippen LogP contribution in [0.25, 0.3) is 10.2 Å². The summed E-state index contributed by atoms with van der Waals surface area (Å²) >= 11 is 1.11. The smallest absolute Gasteiger partial charge is 0.348 e. The monoisotopic (exact) mass is 449 g/mol. The number of nitrogens with zero attached hydrogens (tertiary/aromatic N) is 2. The molecule has 0 bridgehead atoms. The quantitative estimate of drug-likeness (QED) is 0.202. The number of H-pyrrole nitrogens is 1. The number of aliphatic hydroxyl groups excluding tert-OH is 1. The number of methoxy groups -OCH3 is 1. The predicted octanol–water partition coefficient (Wildman–Crippen LogP) is 1.09. The van der Waals surface area contributed by atoms with Gasteiger partial charge in [-0.05, 0) is 12.5 Å². The molecule has 2 aromatic heterocycles. The first-order chi connectivity index (χ1) is 14.9. The highest BCUT2D eigenvalue weighted by atomic mass is 32.1. The van der Waals surface area contributed by atoms with Crippen LogP contribution in [0.2, 0.25) is 0 Å². The summed E-state index contributed by atoms with van der Waals surface area (Å²) in [6.45, 7) is 7.00. The van der Waals surface area contributed by atoms with E-state index >= 15 is 0 Å². The van der Waals surface area contributed by atoms with Gasteiger partial charge in [-0.15, -0.1) is 17.8 Å². The molecule has 0 aromatic carbocycles. The lowest BCUT2D eigenvalue weighted by Crippen LogP contribution is -2.37. The van der Waals surface area contributed by atoms with E-state index in [-0.39, 0.29) is 38.5 Å². The lowest BCUT2D eigenvalue weighted by molar-refractivity contribution is 0.0202. The fourth-order valence-electron chi connectivity index (χ4n) is 2.93. The Bertz CT molecular complexity index is 993. The fraction of sp³-hybridized carbons (Fsp3) is 0.476. The van der Waals surface area contributed by atoms with E-state index in [4.69, 9.17) is 20.6 Å². The normalized spacial score (nSPS) is 12.1. The van der Waals surface area contributed by atoms with Gasteiger partial charge < -0.3 is 24.3 Å². The second-order valence-corrected chi connectivity index (χ2v) is 7.74. The molecular formula is C21H27N3O6S. The van der Waals surface area contributed by atoms with Gasteiger partial charge >= 0.3 is 5.97 Å². The summed E-state index contributed by atoms with van der Waals surface area (Å²) < 4.78 is 15.4. The Hall–Kier alpha value is -2.55. The second kappa shape index (κ2) is 12.3. The summed E-state index contributed by atoms with van der Waals surface area (Å²) in [4.78, 5) is 34.9. The highest BCUT2D eigenvalue weighted by Crippen LogP contribution is 2.27. The summed E-state index contributed by atoms with van der Waals surface area (Å²) in [5.74, 6) is 2.24. The highest BCUT2D eigenvalue weighted by molar-refractivity contribution is 7.20. The largest absolute Gasteiger partial charge is 0.457 e. The number of terminal acetylenes is 1. The number of aliphatic hydroxyl groups is 1. The van der Waals surface area contributed by atoms with E-state index in [2.05, 4.69) is 22.5 Å². The standard InChI is InChI=1S/C21H27N3O6S/c1-5-8-29-13-15(25)11-24(7-10-28-4)12-16-22-19(26)17-14(3)18(31-20(17)23-16)21(27)30-9-6-2/h1,6,15,25H,2,7-13H2,3-4H3,(H,22,23,26)/t15-/m0/s1. The topological polar surface area (TPSA) is 114 Å². The van der Waals surface area contributed by atoms with Crippen LogP contribution >= 0.6 is 11.3 Å². The zero-order chi connectivity index (χ0) is 22.8. The summed E-state index contributed by atoms with van der Waals surface area (Å²) in [6.07, 6.45) is 5.85. The van der Waals surface area contributed by atoms with Crippen LogP contribution in [-0.4, -0.2) is 78.7 Å². The Balaban J connectivity index is 2.22. The van der Waals surface area contributed by atoms with Crippen LogP contribution in [-0.2, 0) is 20.8 Å². The maximum absolute atomic E-state index is 12.7. The van der Waals surface area contributed by atoms with Crippen LogP contribution in [0.3, 0.4) is 0 Å². The summed E-state index contributed by atoms with van der Waals surface area (Å²) in [6, 6.07) is 0. The fourth-order valence-corrected chi connectivity index (χ4v) is 4.02. The van der Waals surface area contributed by atoms with Crippen molar-refractivity contribution in [3.63, 3.8) is 0 Å². The van der Waals surface area contributed by atoms with Crippen molar-refractivity contribution in [1.82, 2.24) is 14.9 Å². The number of aromatic nitrogens is 2. The van der Waals surface area contributed by atoms with Gasteiger partial charge in [0.1, 0.15) is 28.7 Å². The third-order valence-corrected chi connectivity index (χ3v) is 5.48. The first-order valence-electron chi connectivity index (χ1n) is 9.62. The third-order valence-electron chi connectivity index (χ3n) is 4.32. The van der Waals surface area contributed by atoms with Crippen LogP contribution in [0.15, 0.2) is 17.4 Å². The molecule has 0 amide bonds. The molecule has 0 aliphatic rings. The van der Waals surface area contributed by atoms with Crippen molar-refractivity contribution >= 4 is 27.5 Å². The Morgan fingerprint density at radius 3 is 2.97 bits per heavy atom. The highest BCUT2D eigenvalue weighted by Gasteiger charge is 2.21. The Kier molecular flexibility index (Phi) is 9.84.